The van der Waals surface area contributed by atoms with Crippen LogP contribution in [-0.4, -0.2) is 30.6 Å². The average molecular weight is 509 g/mol. The maximum atomic E-state index is 5.94. The maximum Gasteiger partial charge on any atom is 0.134 e. The van der Waals surface area contributed by atoms with Gasteiger partial charge in [0.15, 0.2) is 0 Å². The van der Waals surface area contributed by atoms with Gasteiger partial charge in [-0.3, -0.25) is 0 Å². The third-order valence-corrected chi connectivity index (χ3v) is 6.40. The van der Waals surface area contributed by atoms with Crippen molar-refractivity contribution in [2.75, 3.05) is 19.6 Å². The molecule has 5 rings (SSSR count). The van der Waals surface area contributed by atoms with Gasteiger partial charge in [-0.25, -0.2) is 0 Å². The molecule has 3 heterocycles. The molecule has 2 aromatic carbocycles. The van der Waals surface area contributed by atoms with E-state index in [1.807, 2.05) is 30.3 Å². The van der Waals surface area contributed by atoms with Crippen LogP contribution >= 0.6 is 52.3 Å². The molecule has 3 nitrogen and oxygen atoms in total. The summed E-state index contributed by atoms with van der Waals surface area (Å²) in [6.07, 6.45) is 2.69. The summed E-state index contributed by atoms with van der Waals surface area (Å²) in [6.45, 7) is 5.22. The Morgan fingerprint density at radius 3 is 2.32 bits per heavy atom. The van der Waals surface area contributed by atoms with E-state index in [2.05, 4.69) is 38.3 Å². The van der Waals surface area contributed by atoms with Gasteiger partial charge in [0.1, 0.15) is 12.4 Å². The number of benzene rings is 2. The fourth-order valence-corrected chi connectivity index (χ4v) is 4.63. The third kappa shape index (κ3) is 6.01. The molecule has 28 heavy (non-hydrogen) atoms. The van der Waals surface area contributed by atoms with Gasteiger partial charge < -0.3 is 15.0 Å². The van der Waals surface area contributed by atoms with Crippen LogP contribution in [0.15, 0.2) is 46.9 Å². The zero-order valence-corrected chi connectivity index (χ0v) is 19.5. The van der Waals surface area contributed by atoms with Crippen LogP contribution < -0.4 is 10.1 Å². The van der Waals surface area contributed by atoms with Gasteiger partial charge in [-0.05, 0) is 83.2 Å². The van der Waals surface area contributed by atoms with Crippen LogP contribution in [0.5, 0.6) is 5.75 Å². The molecule has 2 bridgehead atoms. The minimum Gasteiger partial charge on any atom is -0.488 e. The van der Waals surface area contributed by atoms with E-state index in [1.54, 1.807) is 0 Å². The first kappa shape index (κ1) is 23.8. The van der Waals surface area contributed by atoms with Gasteiger partial charge in [0.2, 0.25) is 0 Å². The highest BCUT2D eigenvalue weighted by atomic mass is 79.9. The quantitative estimate of drug-likeness (QED) is 0.541. The summed E-state index contributed by atoms with van der Waals surface area (Å²) in [5.41, 5.74) is 2.39. The van der Waals surface area contributed by atoms with E-state index in [1.165, 1.54) is 38.0 Å². The van der Waals surface area contributed by atoms with Gasteiger partial charge in [0, 0.05) is 24.2 Å². The highest BCUT2D eigenvalue weighted by molar-refractivity contribution is 9.10. The second-order valence-electron chi connectivity index (χ2n) is 7.31. The lowest BCUT2D eigenvalue weighted by molar-refractivity contribution is 0.0720. The maximum absolute atomic E-state index is 5.94. The predicted octanol–water partition coefficient (Wildman–Crippen LogP) is 5.71. The lowest BCUT2D eigenvalue weighted by atomic mass is 9.84. The van der Waals surface area contributed by atoms with Crippen molar-refractivity contribution >= 4 is 52.3 Å². The molecule has 0 saturated carbocycles. The number of piperidine rings is 3. The first-order chi connectivity index (χ1) is 12.7. The highest BCUT2D eigenvalue weighted by Crippen LogP contribution is 2.29. The monoisotopic (exact) mass is 506 g/mol. The summed E-state index contributed by atoms with van der Waals surface area (Å²) in [4.78, 5) is 2.58. The van der Waals surface area contributed by atoms with E-state index < -0.39 is 0 Å². The number of rotatable bonds is 6. The molecule has 1 unspecified atom stereocenters. The highest BCUT2D eigenvalue weighted by Gasteiger charge is 2.33. The molecular weight excluding hydrogens is 483 g/mol. The van der Waals surface area contributed by atoms with Gasteiger partial charge in [0.25, 0.3) is 0 Å². The van der Waals surface area contributed by atoms with Crippen molar-refractivity contribution in [1.29, 1.82) is 0 Å². The number of halogens is 4. The zero-order chi connectivity index (χ0) is 17.9. The minimum absolute atomic E-state index is 0. The first-order valence-electron chi connectivity index (χ1n) is 9.29. The molecule has 3 saturated heterocycles. The average Bonchev–Trinajstić information content (AvgIpc) is 2.68. The van der Waals surface area contributed by atoms with Crippen molar-refractivity contribution in [3.63, 3.8) is 0 Å². The van der Waals surface area contributed by atoms with E-state index >= 15 is 0 Å². The van der Waals surface area contributed by atoms with E-state index in [0.29, 0.717) is 12.6 Å². The smallest absolute Gasteiger partial charge is 0.134 e. The molecule has 1 atom stereocenters. The largest absolute Gasteiger partial charge is 0.488 e. The number of hydrogen-bond acceptors (Lipinski definition) is 3. The summed E-state index contributed by atoms with van der Waals surface area (Å²) in [6, 6.07) is 14.7. The zero-order valence-electron chi connectivity index (χ0n) is 15.6. The molecule has 0 amide bonds. The topological polar surface area (TPSA) is 24.5 Å². The second kappa shape index (κ2) is 11.1. The Morgan fingerprint density at radius 1 is 1.04 bits per heavy atom. The lowest BCUT2D eigenvalue weighted by Crippen LogP contribution is -2.55. The van der Waals surface area contributed by atoms with Crippen LogP contribution in [0.1, 0.15) is 24.0 Å². The SMILES string of the molecule is Cl.Cl.Clc1ccc(COc2ccc(CNC3CN4CCC3CC4)cc2Br)cc1. The molecule has 0 aromatic heterocycles. The Morgan fingerprint density at radius 2 is 1.71 bits per heavy atom. The fourth-order valence-electron chi connectivity index (χ4n) is 3.96. The number of fused-ring (bicyclic) bond motifs is 3. The molecule has 154 valence electrons. The molecule has 0 radical (unpaired) electrons. The molecule has 1 N–H and O–H groups in total. The van der Waals surface area contributed by atoms with E-state index in [9.17, 15) is 0 Å². The van der Waals surface area contributed by atoms with Gasteiger partial charge in [0.05, 0.1) is 4.47 Å². The summed E-state index contributed by atoms with van der Waals surface area (Å²) >= 11 is 9.57. The van der Waals surface area contributed by atoms with Crippen LogP contribution in [0, 0.1) is 5.92 Å². The van der Waals surface area contributed by atoms with Crippen LogP contribution in [0.2, 0.25) is 5.02 Å². The standard InChI is InChI=1S/C21H24BrClN2O.2ClH/c22-19-11-16(12-24-20-13-25-9-7-17(20)8-10-25)3-6-21(19)26-14-15-1-4-18(23)5-2-15;;/h1-6,11,17,20,24H,7-10,12-14H2;2*1H. The van der Waals surface area contributed by atoms with Gasteiger partial charge in [-0.2, -0.15) is 0 Å². The van der Waals surface area contributed by atoms with E-state index in [4.69, 9.17) is 16.3 Å². The van der Waals surface area contributed by atoms with Crippen molar-refractivity contribution in [1.82, 2.24) is 10.2 Å². The number of ether oxygens (including phenoxy) is 1. The Kier molecular flexibility index (Phi) is 9.39. The Bertz CT molecular complexity index is 752. The number of hydrogen-bond donors (Lipinski definition) is 1. The minimum atomic E-state index is 0. The Hall–Kier alpha value is -0.490. The Balaban J connectivity index is 0.00000140. The van der Waals surface area contributed by atoms with Crippen LogP contribution in [-0.2, 0) is 13.2 Å². The molecule has 3 fully saturated rings. The molecule has 0 spiro atoms. The molecule has 3 aliphatic heterocycles. The third-order valence-electron chi connectivity index (χ3n) is 5.53. The van der Waals surface area contributed by atoms with Crippen molar-refractivity contribution in [3.05, 3.63) is 63.1 Å². The summed E-state index contributed by atoms with van der Waals surface area (Å²) in [5.74, 6) is 1.72. The molecular formula is C21H26BrCl3N2O. The predicted molar refractivity (Wildman–Crippen MR) is 124 cm³/mol. The van der Waals surface area contributed by atoms with Crippen molar-refractivity contribution in [2.24, 2.45) is 5.92 Å². The summed E-state index contributed by atoms with van der Waals surface area (Å²) in [5, 5.41) is 4.51. The normalized spacial score (nSPS) is 22.9. The van der Waals surface area contributed by atoms with Crippen LogP contribution in [0.25, 0.3) is 0 Å². The summed E-state index contributed by atoms with van der Waals surface area (Å²) < 4.78 is 6.94. The van der Waals surface area contributed by atoms with E-state index in [0.717, 1.165) is 33.3 Å². The number of nitrogens with one attached hydrogen (secondary N) is 1. The summed E-state index contributed by atoms with van der Waals surface area (Å²) in [7, 11) is 0. The second-order valence-corrected chi connectivity index (χ2v) is 8.60. The van der Waals surface area contributed by atoms with Gasteiger partial charge >= 0.3 is 0 Å². The lowest BCUT2D eigenvalue weighted by Gasteiger charge is -2.45. The van der Waals surface area contributed by atoms with Gasteiger partial charge in [-0.1, -0.05) is 29.8 Å². The number of nitrogens with zero attached hydrogens (tertiary/aromatic N) is 1. The van der Waals surface area contributed by atoms with Crippen molar-refractivity contribution in [3.8, 4) is 5.75 Å². The first-order valence-corrected chi connectivity index (χ1v) is 10.5. The van der Waals surface area contributed by atoms with Crippen molar-refractivity contribution in [2.45, 2.75) is 32.0 Å². The molecule has 0 aliphatic carbocycles. The fraction of sp³-hybridized carbons (Fsp3) is 0.429. The van der Waals surface area contributed by atoms with Gasteiger partial charge in [-0.15, -0.1) is 24.8 Å². The van der Waals surface area contributed by atoms with Crippen molar-refractivity contribution < 1.29 is 4.74 Å². The molecule has 7 heteroatoms. The van der Waals surface area contributed by atoms with E-state index in [-0.39, 0.29) is 24.8 Å². The Labute approximate surface area is 193 Å². The molecule has 3 aliphatic rings. The van der Waals surface area contributed by atoms with Crippen LogP contribution in [0.3, 0.4) is 0 Å². The van der Waals surface area contributed by atoms with Crippen LogP contribution in [0.4, 0.5) is 0 Å². The molecule has 2 aromatic rings.